The summed E-state index contributed by atoms with van der Waals surface area (Å²) in [5, 5.41) is 7.08. The molecule has 2 rings (SSSR count). The summed E-state index contributed by atoms with van der Waals surface area (Å²) >= 11 is 7.08. The first-order valence-corrected chi connectivity index (χ1v) is 9.21. The summed E-state index contributed by atoms with van der Waals surface area (Å²) in [5.74, 6) is 0. The van der Waals surface area contributed by atoms with Gasteiger partial charge in [0.15, 0.2) is 5.11 Å². The minimum atomic E-state index is 0.659. The van der Waals surface area contributed by atoms with Gasteiger partial charge in [0, 0.05) is 28.6 Å². The Morgan fingerprint density at radius 3 is 2.29 bits per heavy atom. The minimum Gasteiger partial charge on any atom is -0.361 e. The Labute approximate surface area is 154 Å². The van der Waals surface area contributed by atoms with E-state index in [1.165, 1.54) is 20.9 Å². The number of hydrogen-bond donors (Lipinski definition) is 2. The first-order chi connectivity index (χ1) is 11.4. The Hall–Kier alpha value is -1.56. The maximum absolute atomic E-state index is 5.31. The lowest BCUT2D eigenvalue weighted by Crippen LogP contribution is -2.34. The molecule has 2 aromatic rings. The lowest BCUT2D eigenvalue weighted by Gasteiger charge is -2.13. The Morgan fingerprint density at radius 2 is 1.67 bits per heavy atom. The van der Waals surface area contributed by atoms with Crippen LogP contribution in [-0.2, 0) is 0 Å². The summed E-state index contributed by atoms with van der Waals surface area (Å²) in [6.45, 7) is 6.07. The van der Waals surface area contributed by atoms with E-state index >= 15 is 0 Å². The average Bonchev–Trinajstić information content (AvgIpc) is 2.52. The molecule has 0 heterocycles. The van der Waals surface area contributed by atoms with Crippen LogP contribution in [0.5, 0.6) is 0 Å². The molecule has 2 aromatic carbocycles. The molecule has 128 valence electrons. The fourth-order valence-electron chi connectivity index (χ4n) is 2.09. The van der Waals surface area contributed by atoms with Crippen molar-refractivity contribution in [2.24, 2.45) is 0 Å². The summed E-state index contributed by atoms with van der Waals surface area (Å²) < 4.78 is 0. The van der Waals surface area contributed by atoms with Crippen molar-refractivity contribution in [1.29, 1.82) is 0 Å². The summed E-state index contributed by atoms with van der Waals surface area (Å²) in [5.41, 5.74) is 3.66. The third-order valence-corrected chi connectivity index (χ3v) is 4.91. The van der Waals surface area contributed by atoms with E-state index in [-0.39, 0.29) is 0 Å². The van der Waals surface area contributed by atoms with Crippen molar-refractivity contribution < 1.29 is 0 Å². The van der Waals surface area contributed by atoms with E-state index in [2.05, 4.69) is 71.8 Å². The maximum atomic E-state index is 5.31. The highest BCUT2D eigenvalue weighted by Crippen LogP contribution is 2.29. The van der Waals surface area contributed by atoms with Crippen LogP contribution in [0.2, 0.25) is 0 Å². The van der Waals surface area contributed by atoms with E-state index in [0.717, 1.165) is 18.8 Å². The monoisotopic (exact) mass is 359 g/mol. The first kappa shape index (κ1) is 18.8. The van der Waals surface area contributed by atoms with Gasteiger partial charge in [0.1, 0.15) is 0 Å². The Morgan fingerprint density at radius 1 is 1.00 bits per heavy atom. The normalized spacial score (nSPS) is 10.7. The predicted octanol–water partition coefficient (Wildman–Crippen LogP) is 4.30. The number of rotatable bonds is 6. The number of benzene rings is 2. The number of aryl methyl sites for hydroxylation is 2. The molecule has 0 amide bonds. The second kappa shape index (κ2) is 9.06. The summed E-state index contributed by atoms with van der Waals surface area (Å²) in [4.78, 5) is 4.60. The quantitative estimate of drug-likeness (QED) is 0.750. The number of nitrogens with one attached hydrogen (secondary N) is 2. The molecule has 24 heavy (non-hydrogen) atoms. The molecule has 0 aliphatic carbocycles. The molecule has 0 fully saturated rings. The van der Waals surface area contributed by atoms with Crippen molar-refractivity contribution in [3.63, 3.8) is 0 Å². The van der Waals surface area contributed by atoms with Crippen LogP contribution < -0.4 is 10.6 Å². The molecule has 0 saturated carbocycles. The fourth-order valence-corrected chi connectivity index (χ4v) is 3.22. The first-order valence-electron chi connectivity index (χ1n) is 7.99. The zero-order valence-electron chi connectivity index (χ0n) is 14.7. The molecule has 0 bridgehead atoms. The largest absolute Gasteiger partial charge is 0.361 e. The molecule has 0 saturated heterocycles. The van der Waals surface area contributed by atoms with Gasteiger partial charge in [-0.05, 0) is 87.7 Å². The van der Waals surface area contributed by atoms with Crippen LogP contribution in [0, 0.1) is 13.8 Å². The number of nitrogens with zero attached hydrogens (tertiary/aromatic N) is 1. The second-order valence-corrected chi connectivity index (χ2v) is 7.61. The number of likely N-dealkylation sites (N-methyl/N-ethyl adjacent to an activating group) is 1. The zero-order valence-corrected chi connectivity index (χ0v) is 16.4. The van der Waals surface area contributed by atoms with E-state index in [4.69, 9.17) is 12.2 Å². The van der Waals surface area contributed by atoms with Crippen molar-refractivity contribution in [3.05, 3.63) is 53.6 Å². The maximum Gasteiger partial charge on any atom is 0.170 e. The topological polar surface area (TPSA) is 27.3 Å². The van der Waals surface area contributed by atoms with Crippen molar-refractivity contribution in [1.82, 2.24) is 10.2 Å². The van der Waals surface area contributed by atoms with Crippen LogP contribution in [0.4, 0.5) is 5.69 Å². The van der Waals surface area contributed by atoms with Crippen molar-refractivity contribution >= 4 is 34.8 Å². The number of anilines is 1. The smallest absolute Gasteiger partial charge is 0.170 e. The zero-order chi connectivity index (χ0) is 17.5. The standard InChI is InChI=1S/C19H25N3S2/c1-14-5-8-18(13-15(14)2)24-17-9-6-16(7-10-17)21-19(23)20-11-12-22(3)4/h5-10,13H,11-12H2,1-4H3,(H2,20,21,23). The van der Waals surface area contributed by atoms with Gasteiger partial charge in [-0.3, -0.25) is 0 Å². The lowest BCUT2D eigenvalue weighted by molar-refractivity contribution is 0.413. The van der Waals surface area contributed by atoms with Gasteiger partial charge in [-0.2, -0.15) is 0 Å². The minimum absolute atomic E-state index is 0.659. The number of hydrogen-bond acceptors (Lipinski definition) is 3. The van der Waals surface area contributed by atoms with E-state index in [1.807, 2.05) is 14.1 Å². The van der Waals surface area contributed by atoms with Gasteiger partial charge in [-0.1, -0.05) is 17.8 Å². The van der Waals surface area contributed by atoms with Gasteiger partial charge in [0.05, 0.1) is 0 Å². The third kappa shape index (κ3) is 6.15. The van der Waals surface area contributed by atoms with E-state index in [0.29, 0.717) is 5.11 Å². The molecule has 0 radical (unpaired) electrons. The molecule has 2 N–H and O–H groups in total. The second-order valence-electron chi connectivity index (χ2n) is 6.06. The van der Waals surface area contributed by atoms with Crippen LogP contribution in [0.15, 0.2) is 52.3 Å². The highest BCUT2D eigenvalue weighted by atomic mass is 32.2. The molecular formula is C19H25N3S2. The number of thiocarbonyl (C=S) groups is 1. The van der Waals surface area contributed by atoms with Gasteiger partial charge in [0.2, 0.25) is 0 Å². The Bertz CT molecular complexity index is 682. The molecule has 0 spiro atoms. The fraction of sp³-hybridized carbons (Fsp3) is 0.316. The van der Waals surface area contributed by atoms with E-state index in [1.54, 1.807) is 11.8 Å². The van der Waals surface area contributed by atoms with Crippen LogP contribution >= 0.6 is 24.0 Å². The molecule has 0 aliphatic heterocycles. The van der Waals surface area contributed by atoms with E-state index < -0.39 is 0 Å². The average molecular weight is 360 g/mol. The molecule has 0 aliphatic rings. The summed E-state index contributed by atoms with van der Waals surface area (Å²) in [7, 11) is 4.09. The highest BCUT2D eigenvalue weighted by Gasteiger charge is 2.02. The third-order valence-electron chi connectivity index (χ3n) is 3.67. The van der Waals surface area contributed by atoms with Gasteiger partial charge in [0.25, 0.3) is 0 Å². The summed E-state index contributed by atoms with van der Waals surface area (Å²) in [6, 6.07) is 14.9. The Balaban J connectivity index is 1.88. The summed E-state index contributed by atoms with van der Waals surface area (Å²) in [6.07, 6.45) is 0. The predicted molar refractivity (Wildman–Crippen MR) is 109 cm³/mol. The molecule has 0 aromatic heterocycles. The molecular weight excluding hydrogens is 334 g/mol. The van der Waals surface area contributed by atoms with Gasteiger partial charge in [-0.25, -0.2) is 0 Å². The van der Waals surface area contributed by atoms with Crippen LogP contribution in [0.1, 0.15) is 11.1 Å². The Kier molecular flexibility index (Phi) is 7.09. The molecule has 3 nitrogen and oxygen atoms in total. The highest BCUT2D eigenvalue weighted by molar-refractivity contribution is 7.99. The van der Waals surface area contributed by atoms with Gasteiger partial charge < -0.3 is 15.5 Å². The lowest BCUT2D eigenvalue weighted by atomic mass is 10.1. The van der Waals surface area contributed by atoms with Crippen molar-refractivity contribution in [3.8, 4) is 0 Å². The van der Waals surface area contributed by atoms with Crippen LogP contribution in [-0.4, -0.2) is 37.2 Å². The van der Waals surface area contributed by atoms with E-state index in [9.17, 15) is 0 Å². The van der Waals surface area contributed by atoms with Crippen LogP contribution in [0.3, 0.4) is 0 Å². The van der Waals surface area contributed by atoms with Crippen molar-refractivity contribution in [2.75, 3.05) is 32.5 Å². The van der Waals surface area contributed by atoms with Gasteiger partial charge >= 0.3 is 0 Å². The molecule has 0 unspecified atom stereocenters. The van der Waals surface area contributed by atoms with Crippen molar-refractivity contribution in [2.45, 2.75) is 23.6 Å². The molecule has 5 heteroatoms. The van der Waals surface area contributed by atoms with Crippen LogP contribution in [0.25, 0.3) is 0 Å². The SMILES string of the molecule is Cc1ccc(Sc2ccc(NC(=S)NCCN(C)C)cc2)cc1C. The van der Waals surface area contributed by atoms with Gasteiger partial charge in [-0.15, -0.1) is 0 Å². The molecule has 0 atom stereocenters.